The lowest BCUT2D eigenvalue weighted by atomic mass is 10.0. The van der Waals surface area contributed by atoms with Crippen LogP contribution in [-0.4, -0.2) is 24.0 Å². The molecular weight excluding hydrogens is 256 g/mol. The molecule has 0 saturated heterocycles. The first-order valence-corrected chi connectivity index (χ1v) is 6.64. The summed E-state index contributed by atoms with van der Waals surface area (Å²) in [6, 6.07) is 7.01. The van der Waals surface area contributed by atoms with Crippen LogP contribution in [0.4, 0.5) is 5.69 Å². The van der Waals surface area contributed by atoms with Crippen LogP contribution in [0.2, 0.25) is 0 Å². The van der Waals surface area contributed by atoms with Crippen LogP contribution in [0.3, 0.4) is 0 Å². The van der Waals surface area contributed by atoms with Crippen LogP contribution < -0.4 is 15.4 Å². The number of benzene rings is 1. The van der Waals surface area contributed by atoms with Gasteiger partial charge >= 0.3 is 0 Å². The number of para-hydroxylation sites is 2. The molecule has 0 aromatic heterocycles. The van der Waals surface area contributed by atoms with Gasteiger partial charge in [0.2, 0.25) is 5.91 Å². The number of carbonyl (C=O) groups is 2. The Balaban J connectivity index is 2.61. The minimum absolute atomic E-state index is 0.0833. The normalized spacial score (nSPS) is 10.8. The molecule has 110 valence electrons. The summed E-state index contributed by atoms with van der Waals surface area (Å²) in [6.07, 6.45) is 0.835. The smallest absolute Gasteiger partial charge is 0.258 e. The van der Waals surface area contributed by atoms with Gasteiger partial charge in [-0.25, -0.2) is 0 Å². The van der Waals surface area contributed by atoms with Crippen molar-refractivity contribution in [3.05, 3.63) is 24.3 Å². The zero-order chi connectivity index (χ0) is 15.2. The highest BCUT2D eigenvalue weighted by Gasteiger charge is 2.18. The molecule has 5 nitrogen and oxygen atoms in total. The lowest BCUT2D eigenvalue weighted by Gasteiger charge is -2.24. The maximum Gasteiger partial charge on any atom is 0.258 e. The molecule has 0 aliphatic rings. The molecule has 0 unspecified atom stereocenters. The summed E-state index contributed by atoms with van der Waals surface area (Å²) in [5.41, 5.74) is 0.306. The third-order valence-electron chi connectivity index (χ3n) is 2.92. The molecule has 1 rings (SSSR count). The zero-order valence-electron chi connectivity index (χ0n) is 12.4. The summed E-state index contributed by atoms with van der Waals surface area (Å²) in [6.45, 7) is 7.26. The number of anilines is 1. The van der Waals surface area contributed by atoms with E-state index in [1.165, 1.54) is 6.92 Å². The molecule has 0 aliphatic heterocycles. The largest absolute Gasteiger partial charge is 0.482 e. The molecule has 2 N–H and O–H groups in total. The van der Waals surface area contributed by atoms with Gasteiger partial charge < -0.3 is 15.4 Å². The maximum atomic E-state index is 11.8. The number of carbonyl (C=O) groups excluding carboxylic acids is 2. The van der Waals surface area contributed by atoms with Gasteiger partial charge in [0.1, 0.15) is 5.75 Å². The van der Waals surface area contributed by atoms with Gasteiger partial charge in [-0.1, -0.05) is 19.1 Å². The number of nitrogens with one attached hydrogen (secondary N) is 2. The fraction of sp³-hybridized carbons (Fsp3) is 0.467. The van der Waals surface area contributed by atoms with Crippen molar-refractivity contribution in [2.45, 2.75) is 39.7 Å². The summed E-state index contributed by atoms with van der Waals surface area (Å²) in [7, 11) is 0. The average Bonchev–Trinajstić information content (AvgIpc) is 2.36. The number of rotatable bonds is 6. The Morgan fingerprint density at radius 1 is 1.25 bits per heavy atom. The lowest BCUT2D eigenvalue weighted by molar-refractivity contribution is -0.124. The molecule has 1 aromatic rings. The molecular formula is C15H22N2O3. The summed E-state index contributed by atoms with van der Waals surface area (Å²) in [5, 5.41) is 5.55. The van der Waals surface area contributed by atoms with Crippen LogP contribution in [0.5, 0.6) is 5.75 Å². The summed E-state index contributed by atoms with van der Waals surface area (Å²) < 4.78 is 5.46. The van der Waals surface area contributed by atoms with E-state index in [-0.39, 0.29) is 24.0 Å². The van der Waals surface area contributed by atoms with Crippen molar-refractivity contribution in [3.8, 4) is 5.75 Å². The molecule has 5 heteroatoms. The van der Waals surface area contributed by atoms with Crippen molar-refractivity contribution in [2.24, 2.45) is 0 Å². The molecule has 0 radical (unpaired) electrons. The van der Waals surface area contributed by atoms with Gasteiger partial charge in [-0.3, -0.25) is 9.59 Å². The van der Waals surface area contributed by atoms with E-state index in [0.717, 1.165) is 6.42 Å². The monoisotopic (exact) mass is 278 g/mol. The molecule has 0 spiro atoms. The van der Waals surface area contributed by atoms with Crippen molar-refractivity contribution < 1.29 is 14.3 Å². The minimum atomic E-state index is -0.252. The van der Waals surface area contributed by atoms with E-state index in [9.17, 15) is 9.59 Å². The van der Waals surface area contributed by atoms with E-state index in [2.05, 4.69) is 10.6 Å². The third-order valence-corrected chi connectivity index (χ3v) is 2.92. The molecule has 2 amide bonds. The highest BCUT2D eigenvalue weighted by Crippen LogP contribution is 2.23. The van der Waals surface area contributed by atoms with E-state index in [1.54, 1.807) is 24.3 Å². The Kier molecular flexibility index (Phi) is 5.55. The standard InChI is InChI=1S/C15H22N2O3/c1-5-15(3,4)17-14(19)10-20-13-9-7-6-8-12(13)16-11(2)18/h6-9H,5,10H2,1-4H3,(H,16,18)(H,17,19). The number of hydrogen-bond acceptors (Lipinski definition) is 3. The highest BCUT2D eigenvalue weighted by molar-refractivity contribution is 5.90. The van der Waals surface area contributed by atoms with Crippen molar-refractivity contribution in [1.82, 2.24) is 5.32 Å². The van der Waals surface area contributed by atoms with Crippen molar-refractivity contribution in [1.29, 1.82) is 0 Å². The van der Waals surface area contributed by atoms with Crippen LogP contribution in [0.15, 0.2) is 24.3 Å². The lowest BCUT2D eigenvalue weighted by Crippen LogP contribution is -2.44. The van der Waals surface area contributed by atoms with Gasteiger partial charge in [0.15, 0.2) is 6.61 Å². The molecule has 0 bridgehead atoms. The van der Waals surface area contributed by atoms with Gasteiger partial charge in [0.05, 0.1) is 5.69 Å². The Morgan fingerprint density at radius 2 is 1.90 bits per heavy atom. The molecule has 0 atom stereocenters. The fourth-order valence-corrected chi connectivity index (χ4v) is 1.53. The van der Waals surface area contributed by atoms with E-state index in [0.29, 0.717) is 11.4 Å². The van der Waals surface area contributed by atoms with Crippen molar-refractivity contribution >= 4 is 17.5 Å². The van der Waals surface area contributed by atoms with Gasteiger partial charge in [-0.2, -0.15) is 0 Å². The van der Waals surface area contributed by atoms with E-state index < -0.39 is 0 Å². The predicted octanol–water partition coefficient (Wildman–Crippen LogP) is 2.33. The molecule has 1 aromatic carbocycles. The quantitative estimate of drug-likeness (QED) is 0.839. The Bertz CT molecular complexity index is 484. The summed E-state index contributed by atoms with van der Waals surface area (Å²) >= 11 is 0. The molecule has 0 saturated carbocycles. The van der Waals surface area contributed by atoms with Gasteiger partial charge in [-0.15, -0.1) is 0 Å². The maximum absolute atomic E-state index is 11.8. The van der Waals surface area contributed by atoms with Crippen molar-refractivity contribution in [3.63, 3.8) is 0 Å². The van der Waals surface area contributed by atoms with E-state index in [1.807, 2.05) is 20.8 Å². The summed E-state index contributed by atoms with van der Waals surface area (Å²) in [5.74, 6) is 0.110. The predicted molar refractivity (Wildman–Crippen MR) is 78.8 cm³/mol. The average molecular weight is 278 g/mol. The molecule has 20 heavy (non-hydrogen) atoms. The van der Waals surface area contributed by atoms with Crippen LogP contribution in [0, 0.1) is 0 Å². The van der Waals surface area contributed by atoms with Gasteiger partial charge in [0.25, 0.3) is 5.91 Å². The van der Waals surface area contributed by atoms with E-state index in [4.69, 9.17) is 4.74 Å². The Morgan fingerprint density at radius 3 is 2.50 bits per heavy atom. The molecule has 0 aliphatic carbocycles. The summed E-state index contributed by atoms with van der Waals surface area (Å²) in [4.78, 5) is 22.9. The minimum Gasteiger partial charge on any atom is -0.482 e. The first kappa shape index (κ1) is 16.0. The zero-order valence-corrected chi connectivity index (χ0v) is 12.4. The fourth-order valence-electron chi connectivity index (χ4n) is 1.53. The second-order valence-electron chi connectivity index (χ2n) is 5.25. The molecule has 0 heterocycles. The topological polar surface area (TPSA) is 67.4 Å². The van der Waals surface area contributed by atoms with Gasteiger partial charge in [0, 0.05) is 12.5 Å². The second-order valence-corrected chi connectivity index (χ2v) is 5.25. The van der Waals surface area contributed by atoms with Crippen molar-refractivity contribution in [2.75, 3.05) is 11.9 Å². The SMILES string of the molecule is CCC(C)(C)NC(=O)COc1ccccc1NC(C)=O. The van der Waals surface area contributed by atoms with Gasteiger partial charge in [-0.05, 0) is 32.4 Å². The Hall–Kier alpha value is -2.04. The number of amides is 2. The first-order valence-electron chi connectivity index (χ1n) is 6.64. The number of hydrogen-bond donors (Lipinski definition) is 2. The van der Waals surface area contributed by atoms with Crippen LogP contribution in [0.1, 0.15) is 34.1 Å². The second kappa shape index (κ2) is 6.93. The highest BCUT2D eigenvalue weighted by atomic mass is 16.5. The van der Waals surface area contributed by atoms with Crippen LogP contribution >= 0.6 is 0 Å². The van der Waals surface area contributed by atoms with E-state index >= 15 is 0 Å². The Labute approximate surface area is 119 Å². The first-order chi connectivity index (χ1) is 9.34. The molecule has 0 fully saturated rings. The van der Waals surface area contributed by atoms with Crippen LogP contribution in [0.25, 0.3) is 0 Å². The number of ether oxygens (including phenoxy) is 1. The van der Waals surface area contributed by atoms with Crippen LogP contribution in [-0.2, 0) is 9.59 Å². The third kappa shape index (κ3) is 5.30.